The Bertz CT molecular complexity index is 332. The number of anilines is 1. The fourth-order valence-electron chi connectivity index (χ4n) is 1.71. The van der Waals surface area contributed by atoms with Crippen LogP contribution >= 0.6 is 11.8 Å². The van der Waals surface area contributed by atoms with E-state index in [1.54, 1.807) is 0 Å². The second-order valence-electron chi connectivity index (χ2n) is 4.03. The van der Waals surface area contributed by atoms with E-state index < -0.39 is 0 Å². The monoisotopic (exact) mass is 254 g/mol. The van der Waals surface area contributed by atoms with Crippen molar-refractivity contribution in [1.82, 2.24) is 15.3 Å². The SMILES string of the molecule is CCC(CSC)N(C)c1cncc(CNC)n1. The van der Waals surface area contributed by atoms with Crippen molar-refractivity contribution in [3.63, 3.8) is 0 Å². The molecule has 1 unspecified atom stereocenters. The van der Waals surface area contributed by atoms with Gasteiger partial charge in [-0.1, -0.05) is 6.92 Å². The molecule has 1 aromatic heterocycles. The van der Waals surface area contributed by atoms with E-state index in [0.717, 1.165) is 30.2 Å². The predicted octanol–water partition coefficient (Wildman–Crippen LogP) is 1.77. The topological polar surface area (TPSA) is 41.1 Å². The normalized spacial score (nSPS) is 12.5. The molecule has 96 valence electrons. The third kappa shape index (κ3) is 4.16. The molecule has 5 heteroatoms. The van der Waals surface area contributed by atoms with Crippen LogP contribution in [0.25, 0.3) is 0 Å². The second-order valence-corrected chi connectivity index (χ2v) is 4.94. The zero-order valence-corrected chi connectivity index (χ0v) is 11.9. The highest BCUT2D eigenvalue weighted by atomic mass is 32.2. The van der Waals surface area contributed by atoms with Gasteiger partial charge in [0.05, 0.1) is 11.9 Å². The van der Waals surface area contributed by atoms with Crippen molar-refractivity contribution in [1.29, 1.82) is 0 Å². The molecule has 0 saturated carbocycles. The van der Waals surface area contributed by atoms with Crippen LogP contribution in [0.5, 0.6) is 0 Å². The lowest BCUT2D eigenvalue weighted by Crippen LogP contribution is -2.34. The third-order valence-electron chi connectivity index (χ3n) is 2.77. The van der Waals surface area contributed by atoms with Crippen LogP contribution in [0.4, 0.5) is 5.82 Å². The van der Waals surface area contributed by atoms with Gasteiger partial charge in [-0.2, -0.15) is 11.8 Å². The van der Waals surface area contributed by atoms with Gasteiger partial charge in [-0.25, -0.2) is 4.98 Å². The van der Waals surface area contributed by atoms with Crippen molar-refractivity contribution in [3.05, 3.63) is 18.1 Å². The summed E-state index contributed by atoms with van der Waals surface area (Å²) in [5, 5.41) is 3.09. The summed E-state index contributed by atoms with van der Waals surface area (Å²) in [6.07, 6.45) is 6.90. The third-order valence-corrected chi connectivity index (χ3v) is 3.49. The Labute approximate surface area is 108 Å². The zero-order chi connectivity index (χ0) is 12.7. The van der Waals surface area contributed by atoms with Gasteiger partial charge in [0.25, 0.3) is 0 Å². The Morgan fingerprint density at radius 2 is 2.24 bits per heavy atom. The first-order chi connectivity index (χ1) is 8.22. The minimum absolute atomic E-state index is 0.518. The van der Waals surface area contributed by atoms with Crippen molar-refractivity contribution >= 4 is 17.6 Å². The molecule has 1 N–H and O–H groups in total. The molecule has 0 spiro atoms. The second kappa shape index (κ2) is 7.50. The fourth-order valence-corrected chi connectivity index (χ4v) is 2.56. The highest BCUT2D eigenvalue weighted by Crippen LogP contribution is 2.16. The molecule has 17 heavy (non-hydrogen) atoms. The maximum absolute atomic E-state index is 4.61. The highest BCUT2D eigenvalue weighted by molar-refractivity contribution is 7.98. The Morgan fingerprint density at radius 3 is 2.82 bits per heavy atom. The summed E-state index contributed by atoms with van der Waals surface area (Å²) < 4.78 is 0. The van der Waals surface area contributed by atoms with Crippen LogP contribution in [0.3, 0.4) is 0 Å². The number of nitrogens with one attached hydrogen (secondary N) is 1. The number of aromatic nitrogens is 2. The van der Waals surface area contributed by atoms with E-state index in [4.69, 9.17) is 0 Å². The van der Waals surface area contributed by atoms with Gasteiger partial charge in [0, 0.05) is 31.6 Å². The largest absolute Gasteiger partial charge is 0.355 e. The lowest BCUT2D eigenvalue weighted by molar-refractivity contribution is 0.660. The van der Waals surface area contributed by atoms with Crippen LogP contribution < -0.4 is 10.2 Å². The van der Waals surface area contributed by atoms with Gasteiger partial charge < -0.3 is 10.2 Å². The molecule has 4 nitrogen and oxygen atoms in total. The van der Waals surface area contributed by atoms with Crippen molar-refractivity contribution in [2.75, 3.05) is 31.0 Å². The molecule has 1 aromatic rings. The van der Waals surface area contributed by atoms with E-state index in [1.807, 2.05) is 31.2 Å². The summed E-state index contributed by atoms with van der Waals surface area (Å²) >= 11 is 1.87. The van der Waals surface area contributed by atoms with Gasteiger partial charge in [0.2, 0.25) is 0 Å². The molecular weight excluding hydrogens is 232 g/mol. The number of hydrogen-bond acceptors (Lipinski definition) is 5. The predicted molar refractivity (Wildman–Crippen MR) is 75.7 cm³/mol. The molecule has 0 aromatic carbocycles. The molecule has 0 amide bonds. The van der Waals surface area contributed by atoms with Crippen LogP contribution in [0, 0.1) is 0 Å². The maximum Gasteiger partial charge on any atom is 0.147 e. The van der Waals surface area contributed by atoms with Crippen molar-refractivity contribution in [2.24, 2.45) is 0 Å². The molecule has 0 bridgehead atoms. The Balaban J connectivity index is 2.79. The lowest BCUT2D eigenvalue weighted by Gasteiger charge is -2.27. The summed E-state index contributed by atoms with van der Waals surface area (Å²) in [6.45, 7) is 2.97. The quantitative estimate of drug-likeness (QED) is 0.803. The number of hydrogen-bond donors (Lipinski definition) is 1. The van der Waals surface area contributed by atoms with Crippen molar-refractivity contribution in [2.45, 2.75) is 25.9 Å². The van der Waals surface area contributed by atoms with Gasteiger partial charge in [0.15, 0.2) is 0 Å². The lowest BCUT2D eigenvalue weighted by atomic mass is 10.2. The number of thioether (sulfide) groups is 1. The average molecular weight is 254 g/mol. The molecule has 0 fully saturated rings. The number of rotatable bonds is 7. The Morgan fingerprint density at radius 1 is 1.47 bits per heavy atom. The smallest absolute Gasteiger partial charge is 0.147 e. The first-order valence-corrected chi connectivity index (χ1v) is 7.29. The molecule has 1 atom stereocenters. The van der Waals surface area contributed by atoms with Gasteiger partial charge >= 0.3 is 0 Å². The zero-order valence-electron chi connectivity index (χ0n) is 11.1. The van der Waals surface area contributed by atoms with E-state index in [2.05, 4.69) is 40.4 Å². The van der Waals surface area contributed by atoms with Crippen molar-refractivity contribution < 1.29 is 0 Å². The molecular formula is C12H22N4S. The average Bonchev–Trinajstić information content (AvgIpc) is 2.36. The highest BCUT2D eigenvalue weighted by Gasteiger charge is 2.14. The summed E-state index contributed by atoms with van der Waals surface area (Å²) in [5.41, 5.74) is 0.982. The van der Waals surface area contributed by atoms with Crippen LogP contribution in [0.1, 0.15) is 19.0 Å². The molecule has 0 aliphatic rings. The first-order valence-electron chi connectivity index (χ1n) is 5.90. The Hall–Kier alpha value is -0.810. The molecule has 1 heterocycles. The van der Waals surface area contributed by atoms with Gasteiger partial charge in [0.1, 0.15) is 5.82 Å². The standard InChI is InChI=1S/C12H22N4S/c1-5-11(9-17-4)16(3)12-8-14-7-10(15-12)6-13-2/h7-8,11,13H,5-6,9H2,1-4H3. The molecule has 0 aliphatic heterocycles. The Kier molecular flexibility index (Phi) is 6.29. The summed E-state index contributed by atoms with van der Waals surface area (Å²) in [6, 6.07) is 0.518. The first kappa shape index (κ1) is 14.3. The van der Waals surface area contributed by atoms with Crippen LogP contribution in [-0.2, 0) is 6.54 Å². The summed E-state index contributed by atoms with van der Waals surface area (Å²) in [7, 11) is 4.01. The minimum atomic E-state index is 0.518. The van der Waals surface area contributed by atoms with Crippen LogP contribution in [0.2, 0.25) is 0 Å². The summed E-state index contributed by atoms with van der Waals surface area (Å²) in [4.78, 5) is 11.1. The summed E-state index contributed by atoms with van der Waals surface area (Å²) in [5.74, 6) is 2.07. The minimum Gasteiger partial charge on any atom is -0.355 e. The molecule has 0 aliphatic carbocycles. The number of nitrogens with zero attached hydrogens (tertiary/aromatic N) is 3. The van der Waals surface area contributed by atoms with Crippen LogP contribution in [0.15, 0.2) is 12.4 Å². The molecule has 1 rings (SSSR count). The van der Waals surface area contributed by atoms with Gasteiger partial charge in [-0.05, 0) is 19.7 Å². The molecule has 0 saturated heterocycles. The maximum atomic E-state index is 4.61. The van der Waals surface area contributed by atoms with E-state index in [1.165, 1.54) is 0 Å². The van der Waals surface area contributed by atoms with E-state index >= 15 is 0 Å². The van der Waals surface area contributed by atoms with Gasteiger partial charge in [-0.3, -0.25) is 4.98 Å². The van der Waals surface area contributed by atoms with E-state index in [9.17, 15) is 0 Å². The molecule has 0 radical (unpaired) electrons. The van der Waals surface area contributed by atoms with E-state index in [-0.39, 0.29) is 0 Å². The van der Waals surface area contributed by atoms with E-state index in [0.29, 0.717) is 6.04 Å². The fraction of sp³-hybridized carbons (Fsp3) is 0.667. The van der Waals surface area contributed by atoms with Gasteiger partial charge in [-0.15, -0.1) is 0 Å². The van der Waals surface area contributed by atoms with Crippen LogP contribution in [-0.4, -0.2) is 42.1 Å². The van der Waals surface area contributed by atoms with Crippen molar-refractivity contribution in [3.8, 4) is 0 Å².